The topological polar surface area (TPSA) is 93.0 Å². The second-order valence-corrected chi connectivity index (χ2v) is 5.49. The summed E-state index contributed by atoms with van der Waals surface area (Å²) in [6, 6.07) is 7.11. The number of nitrogen functional groups attached to an aromatic ring is 1. The molecule has 0 saturated heterocycles. The van der Waals surface area contributed by atoms with Gasteiger partial charge in [-0.1, -0.05) is 17.8 Å². The molecule has 1 atom stereocenters. The first-order valence-corrected chi connectivity index (χ1v) is 7.25. The lowest BCUT2D eigenvalue weighted by atomic mass is 10.1. The molecule has 0 saturated carbocycles. The third kappa shape index (κ3) is 3.56. The van der Waals surface area contributed by atoms with Crippen LogP contribution in [0.5, 0.6) is 5.75 Å². The van der Waals surface area contributed by atoms with Gasteiger partial charge in [0, 0.05) is 22.6 Å². The second-order valence-electron chi connectivity index (χ2n) is 4.46. The van der Waals surface area contributed by atoms with Crippen molar-refractivity contribution in [1.82, 2.24) is 15.3 Å². The van der Waals surface area contributed by atoms with Crippen LogP contribution in [-0.4, -0.2) is 24.1 Å². The highest BCUT2D eigenvalue weighted by Gasteiger charge is 2.16. The highest BCUT2D eigenvalue weighted by Crippen LogP contribution is 2.36. The number of benzene rings is 1. The first-order chi connectivity index (χ1) is 10.0. The number of hydrogen-bond acceptors (Lipinski definition) is 6. The van der Waals surface area contributed by atoms with Crippen molar-refractivity contribution < 1.29 is 4.74 Å². The van der Waals surface area contributed by atoms with E-state index in [4.69, 9.17) is 10.5 Å². The summed E-state index contributed by atoms with van der Waals surface area (Å²) in [5.41, 5.74) is 6.36. The van der Waals surface area contributed by atoms with Crippen molar-refractivity contribution in [3.8, 4) is 5.75 Å². The molecule has 2 aromatic rings. The van der Waals surface area contributed by atoms with Crippen LogP contribution in [-0.2, 0) is 0 Å². The normalized spacial score (nSPS) is 12.1. The number of rotatable bonds is 5. The number of anilines is 1. The molecular formula is C14H18N4O2S. The maximum Gasteiger partial charge on any atom is 0.253 e. The Morgan fingerprint density at radius 3 is 2.86 bits per heavy atom. The lowest BCUT2D eigenvalue weighted by Crippen LogP contribution is -2.15. The van der Waals surface area contributed by atoms with Crippen LogP contribution in [0.1, 0.15) is 18.5 Å². The maximum atomic E-state index is 11.5. The fourth-order valence-corrected chi connectivity index (χ4v) is 3.01. The summed E-state index contributed by atoms with van der Waals surface area (Å²) in [7, 11) is 3.52. The molecule has 0 spiro atoms. The molecule has 1 unspecified atom stereocenters. The number of ether oxygens (including phenoxy) is 1. The van der Waals surface area contributed by atoms with Gasteiger partial charge in [0.25, 0.3) is 5.56 Å². The number of aromatic nitrogens is 2. The summed E-state index contributed by atoms with van der Waals surface area (Å²) in [5.74, 6) is 0.987. The minimum Gasteiger partial charge on any atom is -0.496 e. The van der Waals surface area contributed by atoms with Crippen molar-refractivity contribution in [2.24, 2.45) is 0 Å². The second kappa shape index (κ2) is 6.64. The molecule has 7 heteroatoms. The standard InChI is InChI=1S/C14H18N4O2S/c1-8(16-2)13-9(20-3)5-4-6-10(13)21-14-17-11(15)7-12(19)18-14/h4-8,16H,1-3H3,(H3,15,17,18,19). The van der Waals surface area contributed by atoms with Gasteiger partial charge >= 0.3 is 0 Å². The van der Waals surface area contributed by atoms with Gasteiger partial charge in [-0.15, -0.1) is 0 Å². The zero-order valence-corrected chi connectivity index (χ0v) is 13.0. The zero-order chi connectivity index (χ0) is 15.4. The van der Waals surface area contributed by atoms with Gasteiger partial charge in [-0.25, -0.2) is 4.98 Å². The Balaban J connectivity index is 2.46. The summed E-state index contributed by atoms with van der Waals surface area (Å²) >= 11 is 1.35. The van der Waals surface area contributed by atoms with Crippen LogP contribution in [0.3, 0.4) is 0 Å². The molecule has 21 heavy (non-hydrogen) atoms. The van der Waals surface area contributed by atoms with E-state index in [0.717, 1.165) is 16.2 Å². The van der Waals surface area contributed by atoms with Crippen molar-refractivity contribution in [2.45, 2.75) is 23.0 Å². The Hall–Kier alpha value is -1.99. The Morgan fingerprint density at radius 2 is 2.24 bits per heavy atom. The monoisotopic (exact) mass is 306 g/mol. The molecule has 0 bridgehead atoms. The number of nitrogens with zero attached hydrogens (tertiary/aromatic N) is 1. The number of nitrogens with two attached hydrogens (primary N) is 1. The van der Waals surface area contributed by atoms with E-state index in [1.54, 1.807) is 7.11 Å². The molecule has 1 aromatic carbocycles. The summed E-state index contributed by atoms with van der Waals surface area (Å²) in [6.45, 7) is 2.04. The minimum atomic E-state index is -0.267. The van der Waals surface area contributed by atoms with Gasteiger partial charge in [-0.05, 0) is 26.1 Å². The molecule has 0 aliphatic carbocycles. The van der Waals surface area contributed by atoms with Gasteiger partial charge in [0.1, 0.15) is 11.6 Å². The van der Waals surface area contributed by atoms with Crippen LogP contribution < -0.4 is 21.3 Å². The van der Waals surface area contributed by atoms with E-state index >= 15 is 0 Å². The van der Waals surface area contributed by atoms with Crippen LogP contribution in [0.2, 0.25) is 0 Å². The van der Waals surface area contributed by atoms with Crippen molar-refractivity contribution in [2.75, 3.05) is 19.9 Å². The summed E-state index contributed by atoms with van der Waals surface area (Å²) in [5, 5.41) is 3.65. The summed E-state index contributed by atoms with van der Waals surface area (Å²) in [6.07, 6.45) is 0. The van der Waals surface area contributed by atoms with Gasteiger partial charge in [0.15, 0.2) is 5.16 Å². The van der Waals surface area contributed by atoms with E-state index in [1.807, 2.05) is 32.2 Å². The number of aromatic amines is 1. The quantitative estimate of drug-likeness (QED) is 0.729. The van der Waals surface area contributed by atoms with Gasteiger partial charge in [-0.2, -0.15) is 0 Å². The molecule has 0 radical (unpaired) electrons. The van der Waals surface area contributed by atoms with Gasteiger partial charge in [-0.3, -0.25) is 4.79 Å². The molecule has 2 rings (SSSR count). The maximum absolute atomic E-state index is 11.5. The Bertz CT molecular complexity index is 687. The molecule has 1 aromatic heterocycles. The van der Waals surface area contributed by atoms with Crippen molar-refractivity contribution in [3.05, 3.63) is 40.2 Å². The molecule has 6 nitrogen and oxygen atoms in total. The minimum absolute atomic E-state index is 0.0939. The average Bonchev–Trinajstić information content (AvgIpc) is 2.45. The fourth-order valence-electron chi connectivity index (χ4n) is 1.97. The Morgan fingerprint density at radius 1 is 1.48 bits per heavy atom. The number of hydrogen-bond donors (Lipinski definition) is 3. The zero-order valence-electron chi connectivity index (χ0n) is 12.1. The van der Waals surface area contributed by atoms with Crippen LogP contribution >= 0.6 is 11.8 Å². The van der Waals surface area contributed by atoms with E-state index < -0.39 is 0 Å². The number of H-pyrrole nitrogens is 1. The van der Waals surface area contributed by atoms with Crippen LogP contribution in [0.4, 0.5) is 5.82 Å². The van der Waals surface area contributed by atoms with E-state index in [-0.39, 0.29) is 17.4 Å². The molecule has 112 valence electrons. The number of nitrogens with one attached hydrogen (secondary N) is 2. The van der Waals surface area contributed by atoms with Crippen LogP contribution in [0.15, 0.2) is 39.1 Å². The van der Waals surface area contributed by atoms with E-state index in [2.05, 4.69) is 15.3 Å². The highest BCUT2D eigenvalue weighted by atomic mass is 32.2. The average molecular weight is 306 g/mol. The molecule has 0 aliphatic heterocycles. The van der Waals surface area contributed by atoms with E-state index in [0.29, 0.717) is 5.16 Å². The molecule has 0 fully saturated rings. The lowest BCUT2D eigenvalue weighted by molar-refractivity contribution is 0.401. The SMILES string of the molecule is CNC(C)c1c(OC)cccc1Sc1nc(N)cc(=O)[nH]1. The molecular weight excluding hydrogens is 288 g/mol. The Kier molecular flexibility index (Phi) is 4.87. The molecule has 0 aliphatic rings. The summed E-state index contributed by atoms with van der Waals surface area (Å²) in [4.78, 5) is 19.2. The van der Waals surface area contributed by atoms with Crippen LogP contribution in [0, 0.1) is 0 Å². The number of methoxy groups -OCH3 is 1. The van der Waals surface area contributed by atoms with E-state index in [1.165, 1.54) is 17.8 Å². The molecule has 0 amide bonds. The van der Waals surface area contributed by atoms with Crippen molar-refractivity contribution in [1.29, 1.82) is 0 Å². The molecule has 1 heterocycles. The predicted molar refractivity (Wildman–Crippen MR) is 83.9 cm³/mol. The highest BCUT2D eigenvalue weighted by molar-refractivity contribution is 7.99. The smallest absolute Gasteiger partial charge is 0.253 e. The molecule has 4 N–H and O–H groups in total. The first-order valence-electron chi connectivity index (χ1n) is 6.44. The van der Waals surface area contributed by atoms with Gasteiger partial charge < -0.3 is 20.8 Å². The first kappa shape index (κ1) is 15.4. The van der Waals surface area contributed by atoms with Crippen LogP contribution in [0.25, 0.3) is 0 Å². The van der Waals surface area contributed by atoms with Crippen molar-refractivity contribution in [3.63, 3.8) is 0 Å². The van der Waals surface area contributed by atoms with Gasteiger partial charge in [0.05, 0.1) is 7.11 Å². The van der Waals surface area contributed by atoms with Gasteiger partial charge in [0.2, 0.25) is 0 Å². The summed E-state index contributed by atoms with van der Waals surface area (Å²) < 4.78 is 5.42. The Labute approximate surface area is 127 Å². The third-order valence-electron chi connectivity index (χ3n) is 3.06. The largest absolute Gasteiger partial charge is 0.496 e. The fraction of sp³-hybridized carbons (Fsp3) is 0.286. The lowest BCUT2D eigenvalue weighted by Gasteiger charge is -2.18. The van der Waals surface area contributed by atoms with Crippen molar-refractivity contribution >= 4 is 17.6 Å². The van der Waals surface area contributed by atoms with E-state index in [9.17, 15) is 4.79 Å². The third-order valence-corrected chi connectivity index (χ3v) is 4.02. The predicted octanol–water partition coefficient (Wildman–Crippen LogP) is 1.79.